The third kappa shape index (κ3) is 4.78. The second kappa shape index (κ2) is 10.0. The Morgan fingerprint density at radius 2 is 1.73 bits per heavy atom. The average molecular weight is 430 g/mol. The van der Waals surface area contributed by atoms with Crippen molar-refractivity contribution in [1.29, 1.82) is 0 Å². The van der Waals surface area contributed by atoms with Gasteiger partial charge in [-0.15, -0.1) is 24.8 Å². The Balaban J connectivity index is 0.00000121. The third-order valence-electron chi connectivity index (χ3n) is 4.63. The number of fused-ring (bicyclic) bond motifs is 2. The second-order valence-corrected chi connectivity index (χ2v) is 7.76. The fourth-order valence-electron chi connectivity index (χ4n) is 3.39. The van der Waals surface area contributed by atoms with Gasteiger partial charge in [-0.2, -0.15) is 0 Å². The van der Waals surface area contributed by atoms with E-state index in [0.717, 1.165) is 44.2 Å². The summed E-state index contributed by atoms with van der Waals surface area (Å²) >= 11 is 8.11. The Labute approximate surface area is 177 Å². The molecule has 0 atom stereocenters. The molecule has 0 saturated carbocycles. The van der Waals surface area contributed by atoms with E-state index in [1.165, 1.54) is 26.5 Å². The van der Waals surface area contributed by atoms with Crippen molar-refractivity contribution in [2.45, 2.75) is 16.2 Å². The quantitative estimate of drug-likeness (QED) is 0.602. The highest BCUT2D eigenvalue weighted by atomic mass is 35.5. The van der Waals surface area contributed by atoms with E-state index >= 15 is 0 Å². The van der Waals surface area contributed by atoms with Crippen molar-refractivity contribution < 1.29 is 0 Å². The van der Waals surface area contributed by atoms with Gasteiger partial charge in [-0.3, -0.25) is 0 Å². The first-order valence-corrected chi connectivity index (χ1v) is 9.71. The molecule has 0 bridgehead atoms. The lowest BCUT2D eigenvalue weighted by Crippen LogP contribution is -2.43. The van der Waals surface area contributed by atoms with Gasteiger partial charge in [0, 0.05) is 47.5 Å². The molecule has 2 aromatic rings. The zero-order valence-corrected chi connectivity index (χ0v) is 17.6. The third-order valence-corrected chi connectivity index (χ3v) is 6.02. The van der Waals surface area contributed by atoms with E-state index in [2.05, 4.69) is 52.7 Å². The summed E-state index contributed by atoms with van der Waals surface area (Å²) in [6.07, 6.45) is 3.47. The normalized spacial score (nSPS) is 17.7. The van der Waals surface area contributed by atoms with E-state index in [0.29, 0.717) is 0 Å². The number of rotatable bonds is 3. The van der Waals surface area contributed by atoms with Gasteiger partial charge in [0.2, 0.25) is 0 Å². The maximum absolute atomic E-state index is 6.27. The molecule has 2 nitrogen and oxygen atoms in total. The fraction of sp³-hybridized carbons (Fsp3) is 0.300. The largest absolute Gasteiger partial charge is 0.314 e. The molecule has 2 aliphatic rings. The summed E-state index contributed by atoms with van der Waals surface area (Å²) in [5.41, 5.74) is 3.93. The van der Waals surface area contributed by atoms with E-state index in [-0.39, 0.29) is 24.8 Å². The zero-order valence-electron chi connectivity index (χ0n) is 14.4. The van der Waals surface area contributed by atoms with Gasteiger partial charge in [0.1, 0.15) is 0 Å². The standard InChI is InChI=1S/C20H21ClN2S.2ClH/c21-15-7-8-20-18(14-15)16(17-4-1-2-6-19(17)24-20)5-3-11-23-12-9-22-10-13-23;;/h1-2,4-8,14,22H,3,9-13H2;2*1H/b16-5+;;. The number of halogens is 3. The minimum Gasteiger partial charge on any atom is -0.314 e. The topological polar surface area (TPSA) is 15.3 Å². The summed E-state index contributed by atoms with van der Waals surface area (Å²) in [6, 6.07) is 14.9. The molecule has 1 fully saturated rings. The van der Waals surface area contributed by atoms with Crippen LogP contribution >= 0.6 is 48.2 Å². The molecule has 1 saturated heterocycles. The molecule has 26 heavy (non-hydrogen) atoms. The molecule has 4 rings (SSSR count). The lowest BCUT2D eigenvalue weighted by Gasteiger charge is -2.27. The van der Waals surface area contributed by atoms with Crippen LogP contribution < -0.4 is 5.32 Å². The number of benzene rings is 2. The summed E-state index contributed by atoms with van der Waals surface area (Å²) in [7, 11) is 0. The maximum Gasteiger partial charge on any atom is 0.0412 e. The first-order valence-electron chi connectivity index (χ1n) is 8.52. The van der Waals surface area contributed by atoms with Gasteiger partial charge in [0.25, 0.3) is 0 Å². The molecular formula is C20H23Cl3N2S. The van der Waals surface area contributed by atoms with Crippen LogP contribution in [0, 0.1) is 0 Å². The molecule has 2 aromatic carbocycles. The molecule has 0 spiro atoms. The van der Waals surface area contributed by atoms with Crippen LogP contribution in [0.15, 0.2) is 58.3 Å². The monoisotopic (exact) mass is 428 g/mol. The van der Waals surface area contributed by atoms with Gasteiger partial charge in [0.15, 0.2) is 0 Å². The number of hydrogen-bond acceptors (Lipinski definition) is 3. The van der Waals surface area contributed by atoms with Crippen molar-refractivity contribution >= 4 is 53.7 Å². The molecule has 0 amide bonds. The van der Waals surface area contributed by atoms with Crippen molar-refractivity contribution in [3.05, 3.63) is 64.7 Å². The van der Waals surface area contributed by atoms with Crippen molar-refractivity contribution in [1.82, 2.24) is 10.2 Å². The Morgan fingerprint density at radius 1 is 1.00 bits per heavy atom. The maximum atomic E-state index is 6.27. The van der Waals surface area contributed by atoms with Crippen LogP contribution in [0.1, 0.15) is 17.5 Å². The molecule has 0 unspecified atom stereocenters. The molecule has 2 aliphatic heterocycles. The van der Waals surface area contributed by atoms with E-state index < -0.39 is 0 Å². The first kappa shape index (κ1) is 21.6. The molecule has 1 N–H and O–H groups in total. The van der Waals surface area contributed by atoms with Gasteiger partial charge >= 0.3 is 0 Å². The summed E-state index contributed by atoms with van der Waals surface area (Å²) in [4.78, 5) is 5.17. The van der Waals surface area contributed by atoms with Gasteiger partial charge in [-0.05, 0) is 47.4 Å². The molecule has 2 heterocycles. The summed E-state index contributed by atoms with van der Waals surface area (Å²) in [6.45, 7) is 5.63. The van der Waals surface area contributed by atoms with Crippen molar-refractivity contribution in [2.75, 3.05) is 32.7 Å². The summed E-state index contributed by atoms with van der Waals surface area (Å²) < 4.78 is 0. The van der Waals surface area contributed by atoms with Gasteiger partial charge in [0.05, 0.1) is 0 Å². The van der Waals surface area contributed by atoms with Crippen LogP contribution in [-0.4, -0.2) is 37.6 Å². The van der Waals surface area contributed by atoms with Gasteiger partial charge in [-0.25, -0.2) is 0 Å². The Kier molecular flexibility index (Phi) is 8.34. The van der Waals surface area contributed by atoms with Gasteiger partial charge in [-0.1, -0.05) is 47.6 Å². The van der Waals surface area contributed by atoms with E-state index in [1.807, 2.05) is 17.8 Å². The lowest BCUT2D eigenvalue weighted by atomic mass is 9.96. The van der Waals surface area contributed by atoms with E-state index in [1.54, 1.807) is 0 Å². The molecule has 0 radical (unpaired) electrons. The van der Waals surface area contributed by atoms with Crippen LogP contribution in [0.3, 0.4) is 0 Å². The predicted octanol–water partition coefficient (Wildman–Crippen LogP) is 5.38. The van der Waals surface area contributed by atoms with Crippen LogP contribution in [0.2, 0.25) is 5.02 Å². The fourth-order valence-corrected chi connectivity index (χ4v) is 4.65. The lowest BCUT2D eigenvalue weighted by molar-refractivity contribution is 0.245. The van der Waals surface area contributed by atoms with Gasteiger partial charge < -0.3 is 10.2 Å². The van der Waals surface area contributed by atoms with Crippen LogP contribution in [-0.2, 0) is 0 Å². The number of nitrogens with zero attached hydrogens (tertiary/aromatic N) is 1. The highest BCUT2D eigenvalue weighted by molar-refractivity contribution is 7.99. The minimum absolute atomic E-state index is 0. The Morgan fingerprint density at radius 3 is 2.54 bits per heavy atom. The minimum atomic E-state index is 0. The van der Waals surface area contributed by atoms with Crippen LogP contribution in [0.5, 0.6) is 0 Å². The van der Waals surface area contributed by atoms with Crippen LogP contribution in [0.25, 0.3) is 5.57 Å². The SMILES string of the molecule is Cl.Cl.Clc1ccc2c(c1)/C(=C/CCN1CCNCC1)c1ccccc1S2. The number of hydrogen-bond donors (Lipinski definition) is 1. The van der Waals surface area contributed by atoms with Crippen molar-refractivity contribution in [3.63, 3.8) is 0 Å². The van der Waals surface area contributed by atoms with Crippen molar-refractivity contribution in [3.8, 4) is 0 Å². The Bertz CT molecular complexity index is 773. The predicted molar refractivity (Wildman–Crippen MR) is 118 cm³/mol. The molecule has 6 heteroatoms. The van der Waals surface area contributed by atoms with E-state index in [9.17, 15) is 0 Å². The van der Waals surface area contributed by atoms with E-state index in [4.69, 9.17) is 11.6 Å². The molecule has 0 aliphatic carbocycles. The summed E-state index contributed by atoms with van der Waals surface area (Å²) in [5, 5.41) is 4.22. The second-order valence-electron chi connectivity index (χ2n) is 6.24. The summed E-state index contributed by atoms with van der Waals surface area (Å²) in [5.74, 6) is 0. The highest BCUT2D eigenvalue weighted by Crippen LogP contribution is 2.46. The molecular weight excluding hydrogens is 407 g/mol. The van der Waals surface area contributed by atoms with Crippen LogP contribution in [0.4, 0.5) is 0 Å². The zero-order chi connectivity index (χ0) is 16.4. The highest BCUT2D eigenvalue weighted by Gasteiger charge is 2.20. The number of nitrogens with one attached hydrogen (secondary N) is 1. The van der Waals surface area contributed by atoms with Crippen molar-refractivity contribution in [2.24, 2.45) is 0 Å². The molecule has 0 aromatic heterocycles. The smallest absolute Gasteiger partial charge is 0.0412 e. The Hall–Kier alpha value is -0.680. The average Bonchev–Trinajstić information content (AvgIpc) is 2.62. The molecule has 140 valence electrons. The number of piperazine rings is 1. The first-order chi connectivity index (χ1) is 11.8.